The lowest BCUT2D eigenvalue weighted by molar-refractivity contribution is -0.122. The van der Waals surface area contributed by atoms with Crippen molar-refractivity contribution < 1.29 is 15.0 Å². The number of pyridine rings is 1. The predicted molar refractivity (Wildman–Crippen MR) is 218 cm³/mol. The van der Waals surface area contributed by atoms with Gasteiger partial charge in [-0.25, -0.2) is 9.97 Å². The van der Waals surface area contributed by atoms with E-state index in [1.807, 2.05) is 35.0 Å². The number of nitrogens with zero attached hydrogens (tertiary/aromatic N) is 7. The molecule has 3 aromatic heterocycles. The molecule has 1 unspecified atom stereocenters. The Balaban J connectivity index is 0.996. The van der Waals surface area contributed by atoms with Crippen LogP contribution in [0.3, 0.4) is 0 Å². The summed E-state index contributed by atoms with van der Waals surface area (Å²) in [6.45, 7) is 6.56. The van der Waals surface area contributed by atoms with Gasteiger partial charge in [-0.1, -0.05) is 73.7 Å². The Morgan fingerprint density at radius 2 is 1.50 bits per heavy atom. The molecule has 1 amide bonds. The average molecular weight is 760 g/mol. The predicted octanol–water partition coefficient (Wildman–Crippen LogP) is 3.41. The Kier molecular flexibility index (Phi) is 11.7. The van der Waals surface area contributed by atoms with Gasteiger partial charge in [-0.15, -0.1) is 0 Å². The number of benzene rings is 2. The Hall–Kier alpha value is -5.15. The minimum atomic E-state index is -1.11. The van der Waals surface area contributed by atoms with E-state index < -0.39 is 24.3 Å². The first kappa shape index (κ1) is 37.8. The lowest BCUT2D eigenvalue weighted by atomic mass is 9.91. The second-order valence-electron chi connectivity index (χ2n) is 15.2. The molecule has 14 nitrogen and oxygen atoms in total. The largest absolute Gasteiger partial charge is 0.388 e. The molecule has 3 aliphatic rings. The van der Waals surface area contributed by atoms with E-state index in [9.17, 15) is 15.0 Å². The summed E-state index contributed by atoms with van der Waals surface area (Å²) in [6, 6.07) is 26.5. The maximum Gasteiger partial charge on any atom is 0.229 e. The lowest BCUT2D eigenvalue weighted by Gasteiger charge is -2.33. The Morgan fingerprint density at radius 3 is 2.20 bits per heavy atom. The second-order valence-corrected chi connectivity index (χ2v) is 15.2. The smallest absolute Gasteiger partial charge is 0.229 e. The summed E-state index contributed by atoms with van der Waals surface area (Å²) >= 11 is 0. The van der Waals surface area contributed by atoms with E-state index in [1.54, 1.807) is 13.3 Å². The highest BCUT2D eigenvalue weighted by molar-refractivity contribution is 5.84. The van der Waals surface area contributed by atoms with Crippen molar-refractivity contribution >= 4 is 34.7 Å². The van der Waals surface area contributed by atoms with E-state index in [2.05, 4.69) is 90.6 Å². The van der Waals surface area contributed by atoms with Crippen LogP contribution < -0.4 is 31.1 Å². The van der Waals surface area contributed by atoms with Crippen molar-refractivity contribution in [2.75, 3.05) is 54.5 Å². The van der Waals surface area contributed by atoms with Crippen LogP contribution in [0.15, 0.2) is 91.4 Å². The van der Waals surface area contributed by atoms with Crippen molar-refractivity contribution in [2.24, 2.45) is 0 Å². The standard InChI is InChI=1S/C42H53N11O3/c1-2-36(54)48-33-23-34(39(56)38(33)55)53-27-47-37-40(44-24-32(28-11-5-3-6-12-28)29-13-7-4-8-14-29)49-42(50-41(37)53)52-22-18-31(25-52)46-26-45-30-16-20-51(21-17-30)35-15-9-10-19-43-35/h3-15,19,27,30-34,38-39,45-46,55-56H,2,16-18,20-26H2,1H3,(H,48,54)(H,44,49,50)/t31-,33+,34?,38-,39+/m1/s1. The lowest BCUT2D eigenvalue weighted by Crippen LogP contribution is -2.47. The van der Waals surface area contributed by atoms with Crippen molar-refractivity contribution in [3.63, 3.8) is 0 Å². The van der Waals surface area contributed by atoms with Gasteiger partial charge in [0, 0.05) is 70.0 Å². The van der Waals surface area contributed by atoms with Crippen LogP contribution in [-0.4, -0.2) is 110 Å². The van der Waals surface area contributed by atoms with Crippen LogP contribution in [-0.2, 0) is 4.79 Å². The Bertz CT molecular complexity index is 1990. The SMILES string of the molecule is CCC(=O)N[C@H]1CC(n2cnc3c(NCC(c4ccccc4)c4ccccc4)nc(N4CC[C@@H](NCNC5CCN(c6ccccn6)CC5)C4)nc32)[C@H](O)[C@@H]1O. The maximum absolute atomic E-state index is 12.3. The van der Waals surface area contributed by atoms with Gasteiger partial charge < -0.3 is 40.5 Å². The highest BCUT2D eigenvalue weighted by Gasteiger charge is 2.44. The first-order chi connectivity index (χ1) is 27.4. The molecule has 2 saturated heterocycles. The van der Waals surface area contributed by atoms with E-state index in [0.717, 1.165) is 57.9 Å². The van der Waals surface area contributed by atoms with Crippen LogP contribution in [0.4, 0.5) is 17.6 Å². The number of aromatic nitrogens is 5. The molecule has 0 bridgehead atoms. The highest BCUT2D eigenvalue weighted by Crippen LogP contribution is 2.35. The zero-order valence-electron chi connectivity index (χ0n) is 31.9. The minimum absolute atomic E-state index is 0.0535. The number of carbonyl (C=O) groups excluding carboxylic acids is 1. The third kappa shape index (κ3) is 8.33. The molecule has 56 heavy (non-hydrogen) atoms. The number of aliphatic hydroxyl groups excluding tert-OH is 2. The zero-order valence-corrected chi connectivity index (χ0v) is 31.9. The number of fused-ring (bicyclic) bond motifs is 1. The number of carbonyl (C=O) groups is 1. The third-order valence-electron chi connectivity index (χ3n) is 11.7. The summed E-state index contributed by atoms with van der Waals surface area (Å²) in [5.74, 6) is 2.13. The van der Waals surface area contributed by atoms with Crippen LogP contribution in [0.5, 0.6) is 0 Å². The van der Waals surface area contributed by atoms with E-state index in [-0.39, 0.29) is 17.9 Å². The minimum Gasteiger partial charge on any atom is -0.388 e. The number of piperidine rings is 1. The fraction of sp³-hybridized carbons (Fsp3) is 0.452. The molecule has 5 heterocycles. The van der Waals surface area contributed by atoms with E-state index in [1.165, 1.54) is 11.1 Å². The summed E-state index contributed by atoms with van der Waals surface area (Å²) in [5.41, 5.74) is 3.53. The van der Waals surface area contributed by atoms with Crippen LogP contribution in [0, 0.1) is 0 Å². The molecule has 2 aromatic carbocycles. The van der Waals surface area contributed by atoms with Gasteiger partial charge in [0.15, 0.2) is 17.0 Å². The van der Waals surface area contributed by atoms with Gasteiger partial charge >= 0.3 is 0 Å². The molecule has 5 aromatic rings. The number of anilines is 3. The highest BCUT2D eigenvalue weighted by atomic mass is 16.3. The van der Waals surface area contributed by atoms with E-state index in [0.29, 0.717) is 48.4 Å². The molecule has 2 aliphatic heterocycles. The normalized spacial score (nSPS) is 23.0. The topological polar surface area (TPSA) is 169 Å². The van der Waals surface area contributed by atoms with Crippen molar-refractivity contribution in [1.82, 2.24) is 40.5 Å². The zero-order chi connectivity index (χ0) is 38.4. The second kappa shape index (κ2) is 17.3. The first-order valence-electron chi connectivity index (χ1n) is 20.1. The molecule has 1 aliphatic carbocycles. The quantitative estimate of drug-likeness (QED) is 0.0915. The van der Waals surface area contributed by atoms with Crippen LogP contribution in [0.2, 0.25) is 0 Å². The molecule has 5 atom stereocenters. The molecule has 8 rings (SSSR count). The Labute approximate surface area is 327 Å². The Morgan fingerprint density at radius 1 is 0.821 bits per heavy atom. The number of nitrogens with one attached hydrogen (secondary N) is 4. The first-order valence-corrected chi connectivity index (χ1v) is 20.1. The average Bonchev–Trinajstić information content (AvgIpc) is 3.97. The molecule has 14 heteroatoms. The van der Waals surface area contributed by atoms with Crippen molar-refractivity contribution in [3.8, 4) is 0 Å². The van der Waals surface area contributed by atoms with Crippen molar-refractivity contribution in [2.45, 2.75) is 81.3 Å². The molecule has 3 fully saturated rings. The van der Waals surface area contributed by atoms with E-state index >= 15 is 0 Å². The molecule has 6 N–H and O–H groups in total. The van der Waals surface area contributed by atoms with Gasteiger partial charge in [0.05, 0.1) is 18.4 Å². The molecule has 0 radical (unpaired) electrons. The molecular weight excluding hydrogens is 707 g/mol. The van der Waals surface area contributed by atoms with Gasteiger partial charge in [-0.3, -0.25) is 10.1 Å². The monoisotopic (exact) mass is 759 g/mol. The number of rotatable bonds is 14. The van der Waals surface area contributed by atoms with Gasteiger partial charge in [-0.05, 0) is 48.9 Å². The summed E-state index contributed by atoms with van der Waals surface area (Å²) in [6.07, 6.45) is 5.02. The van der Waals surface area contributed by atoms with Gasteiger partial charge in [-0.2, -0.15) is 9.97 Å². The summed E-state index contributed by atoms with van der Waals surface area (Å²) < 4.78 is 1.85. The van der Waals surface area contributed by atoms with Crippen LogP contribution in [0.25, 0.3) is 11.2 Å². The fourth-order valence-corrected chi connectivity index (χ4v) is 8.46. The number of imidazole rings is 1. The maximum atomic E-state index is 12.3. The third-order valence-corrected chi connectivity index (χ3v) is 11.7. The van der Waals surface area contributed by atoms with Crippen molar-refractivity contribution in [1.29, 1.82) is 0 Å². The van der Waals surface area contributed by atoms with Gasteiger partial charge in [0.1, 0.15) is 18.0 Å². The number of aliphatic hydroxyl groups is 2. The van der Waals surface area contributed by atoms with Crippen LogP contribution in [0.1, 0.15) is 62.1 Å². The molecule has 1 saturated carbocycles. The summed E-state index contributed by atoms with van der Waals surface area (Å²) in [7, 11) is 0. The summed E-state index contributed by atoms with van der Waals surface area (Å²) in [4.78, 5) is 36.3. The molecule has 0 spiro atoms. The van der Waals surface area contributed by atoms with Gasteiger partial charge in [0.2, 0.25) is 11.9 Å². The number of amides is 1. The molecular formula is C42H53N11O3. The van der Waals surface area contributed by atoms with Crippen molar-refractivity contribution in [3.05, 3.63) is 103 Å². The van der Waals surface area contributed by atoms with E-state index in [4.69, 9.17) is 15.0 Å². The fourth-order valence-electron chi connectivity index (χ4n) is 8.46. The summed E-state index contributed by atoms with van der Waals surface area (Å²) in [5, 5.41) is 36.2. The number of hydrogen-bond acceptors (Lipinski definition) is 12. The van der Waals surface area contributed by atoms with Gasteiger partial charge in [0.25, 0.3) is 0 Å². The molecule has 294 valence electrons. The number of hydrogen-bond donors (Lipinski definition) is 6. The van der Waals surface area contributed by atoms with Crippen LogP contribution >= 0.6 is 0 Å².